The molecule has 0 aliphatic carbocycles. The number of rotatable bonds is 14. The van der Waals surface area contributed by atoms with Gasteiger partial charge in [0.2, 0.25) is 0 Å². The van der Waals surface area contributed by atoms with E-state index in [4.69, 9.17) is 22.8 Å². The first kappa shape index (κ1) is 24.3. The van der Waals surface area contributed by atoms with E-state index < -0.39 is 8.80 Å². The molecule has 2 unspecified atom stereocenters. The second-order valence-electron chi connectivity index (χ2n) is 8.43. The molecule has 6 heteroatoms. The number of para-hydroxylation sites is 3. The van der Waals surface area contributed by atoms with E-state index in [1.807, 2.05) is 91.0 Å². The molecule has 2 atom stereocenters. The summed E-state index contributed by atoms with van der Waals surface area (Å²) < 4.78 is 31.9. The van der Waals surface area contributed by atoms with Crippen LogP contribution in [0.1, 0.15) is 32.6 Å². The SMILES string of the molecule is CCCCOC(CC[Si](Oc1ccccc1)(Oc1ccccc1)Oc1ccccc1)C1CCO1. The van der Waals surface area contributed by atoms with Crippen LogP contribution in [0.4, 0.5) is 0 Å². The van der Waals surface area contributed by atoms with Gasteiger partial charge in [-0.1, -0.05) is 67.9 Å². The second-order valence-corrected chi connectivity index (χ2v) is 10.9. The molecule has 1 heterocycles. The molecule has 0 N–H and O–H groups in total. The topological polar surface area (TPSA) is 46.2 Å². The normalized spacial score (nSPS) is 16.3. The second kappa shape index (κ2) is 12.6. The van der Waals surface area contributed by atoms with Crippen molar-refractivity contribution in [2.45, 2.75) is 50.9 Å². The fraction of sp³-hybridized carbons (Fsp3) is 0.357. The third-order valence-electron chi connectivity index (χ3n) is 5.76. The van der Waals surface area contributed by atoms with E-state index in [0.29, 0.717) is 6.04 Å². The highest BCUT2D eigenvalue weighted by atomic mass is 28.4. The Kier molecular flexibility index (Phi) is 9.02. The van der Waals surface area contributed by atoms with Gasteiger partial charge in [0, 0.05) is 13.2 Å². The van der Waals surface area contributed by atoms with Crippen LogP contribution in [-0.4, -0.2) is 34.2 Å². The molecule has 0 bridgehead atoms. The Balaban J connectivity index is 1.61. The lowest BCUT2D eigenvalue weighted by molar-refractivity contribution is -0.139. The van der Waals surface area contributed by atoms with Gasteiger partial charge in [-0.3, -0.25) is 0 Å². The van der Waals surface area contributed by atoms with Crippen molar-refractivity contribution in [3.05, 3.63) is 91.0 Å². The molecular formula is C28H34O5Si. The maximum absolute atomic E-state index is 6.62. The maximum Gasteiger partial charge on any atom is 0.699 e. The molecule has 0 spiro atoms. The molecular weight excluding hydrogens is 444 g/mol. The molecule has 0 radical (unpaired) electrons. The van der Waals surface area contributed by atoms with Crippen LogP contribution in [0.2, 0.25) is 6.04 Å². The van der Waals surface area contributed by atoms with E-state index >= 15 is 0 Å². The van der Waals surface area contributed by atoms with Gasteiger partial charge in [0.05, 0.1) is 18.3 Å². The van der Waals surface area contributed by atoms with E-state index in [2.05, 4.69) is 6.92 Å². The number of benzene rings is 3. The Morgan fingerprint density at radius 1 is 0.794 bits per heavy atom. The first-order valence-electron chi connectivity index (χ1n) is 12.2. The average Bonchev–Trinajstić information content (AvgIpc) is 2.83. The largest absolute Gasteiger partial charge is 0.699 e. The Labute approximate surface area is 204 Å². The van der Waals surface area contributed by atoms with Crippen LogP contribution < -0.4 is 13.3 Å². The van der Waals surface area contributed by atoms with E-state index in [-0.39, 0.29) is 12.2 Å². The lowest BCUT2D eigenvalue weighted by atomic mass is 10.0. The Morgan fingerprint density at radius 3 is 1.65 bits per heavy atom. The third kappa shape index (κ3) is 7.10. The summed E-state index contributed by atoms with van der Waals surface area (Å²) >= 11 is 0. The smallest absolute Gasteiger partial charge is 0.483 e. The summed E-state index contributed by atoms with van der Waals surface area (Å²) in [5.74, 6) is 2.18. The summed E-state index contributed by atoms with van der Waals surface area (Å²) in [5.41, 5.74) is 0. The van der Waals surface area contributed by atoms with Crippen LogP contribution in [0, 0.1) is 0 Å². The molecule has 4 rings (SSSR count). The standard InChI is InChI=1S/C28H34O5Si/c1-2-3-21-29-28(27-19-22-30-27)20-23-34(31-24-13-7-4-8-14-24,32-25-15-9-5-10-16-25)33-26-17-11-6-12-18-26/h4-18,27-28H,2-3,19-23H2,1H3. The molecule has 34 heavy (non-hydrogen) atoms. The fourth-order valence-electron chi connectivity index (χ4n) is 3.84. The van der Waals surface area contributed by atoms with Crippen LogP contribution in [0.5, 0.6) is 17.2 Å². The quantitative estimate of drug-likeness (QED) is 0.195. The zero-order chi connectivity index (χ0) is 23.5. The van der Waals surface area contributed by atoms with Crippen molar-refractivity contribution in [1.29, 1.82) is 0 Å². The van der Waals surface area contributed by atoms with Crippen molar-refractivity contribution in [1.82, 2.24) is 0 Å². The van der Waals surface area contributed by atoms with Crippen LogP contribution in [0.3, 0.4) is 0 Å². The van der Waals surface area contributed by atoms with Crippen molar-refractivity contribution in [2.75, 3.05) is 13.2 Å². The average molecular weight is 479 g/mol. The van der Waals surface area contributed by atoms with Crippen LogP contribution in [0.25, 0.3) is 0 Å². The molecule has 0 aromatic heterocycles. The van der Waals surface area contributed by atoms with Crippen LogP contribution >= 0.6 is 0 Å². The molecule has 0 saturated carbocycles. The number of ether oxygens (including phenoxy) is 2. The highest BCUT2D eigenvalue weighted by Gasteiger charge is 2.50. The molecule has 1 aliphatic rings. The summed E-state index contributed by atoms with van der Waals surface area (Å²) in [6.07, 6.45) is 3.99. The maximum atomic E-state index is 6.62. The van der Waals surface area contributed by atoms with Gasteiger partial charge in [0.1, 0.15) is 17.2 Å². The van der Waals surface area contributed by atoms with Gasteiger partial charge < -0.3 is 22.8 Å². The van der Waals surface area contributed by atoms with Gasteiger partial charge in [-0.15, -0.1) is 0 Å². The van der Waals surface area contributed by atoms with Gasteiger partial charge in [-0.25, -0.2) is 0 Å². The molecule has 0 amide bonds. The van der Waals surface area contributed by atoms with Crippen molar-refractivity contribution >= 4 is 8.80 Å². The predicted molar refractivity (Wildman–Crippen MR) is 135 cm³/mol. The molecule has 1 fully saturated rings. The summed E-state index contributed by atoms with van der Waals surface area (Å²) in [5, 5.41) is 0. The minimum Gasteiger partial charge on any atom is -0.483 e. The minimum absolute atomic E-state index is 0.00899. The zero-order valence-corrected chi connectivity index (χ0v) is 20.8. The van der Waals surface area contributed by atoms with Crippen molar-refractivity contribution < 1.29 is 22.8 Å². The fourth-order valence-corrected chi connectivity index (χ4v) is 6.40. The summed E-state index contributed by atoms with van der Waals surface area (Å²) in [6, 6.07) is 29.9. The van der Waals surface area contributed by atoms with Gasteiger partial charge in [-0.2, -0.15) is 0 Å². The third-order valence-corrected chi connectivity index (χ3v) is 8.30. The van der Waals surface area contributed by atoms with Crippen LogP contribution in [0.15, 0.2) is 91.0 Å². The first-order chi connectivity index (χ1) is 16.8. The van der Waals surface area contributed by atoms with Crippen molar-refractivity contribution in [3.8, 4) is 17.2 Å². The molecule has 3 aromatic carbocycles. The van der Waals surface area contributed by atoms with Crippen LogP contribution in [-0.2, 0) is 9.47 Å². The van der Waals surface area contributed by atoms with E-state index in [1.54, 1.807) is 0 Å². The van der Waals surface area contributed by atoms with E-state index in [9.17, 15) is 0 Å². The molecule has 3 aromatic rings. The summed E-state index contributed by atoms with van der Waals surface area (Å²) in [7, 11) is -3.30. The van der Waals surface area contributed by atoms with Gasteiger partial charge in [-0.05, 0) is 55.7 Å². The lowest BCUT2D eigenvalue weighted by Crippen LogP contribution is -2.56. The Morgan fingerprint density at radius 2 is 1.26 bits per heavy atom. The Hall–Kier alpha value is -2.80. The highest BCUT2D eigenvalue weighted by Crippen LogP contribution is 2.30. The van der Waals surface area contributed by atoms with Gasteiger partial charge in [0.25, 0.3) is 0 Å². The minimum atomic E-state index is -3.30. The highest BCUT2D eigenvalue weighted by molar-refractivity contribution is 6.63. The van der Waals surface area contributed by atoms with Gasteiger partial charge in [0.15, 0.2) is 0 Å². The predicted octanol–water partition coefficient (Wildman–Crippen LogP) is 6.53. The first-order valence-corrected chi connectivity index (χ1v) is 14.1. The van der Waals surface area contributed by atoms with Crippen molar-refractivity contribution in [2.24, 2.45) is 0 Å². The molecule has 1 aliphatic heterocycles. The number of hydrogen-bond donors (Lipinski definition) is 0. The number of hydrogen-bond acceptors (Lipinski definition) is 5. The Bertz CT molecular complexity index is 849. The summed E-state index contributed by atoms with van der Waals surface area (Å²) in [4.78, 5) is 0. The van der Waals surface area contributed by atoms with E-state index in [1.165, 1.54) is 0 Å². The van der Waals surface area contributed by atoms with E-state index in [0.717, 1.165) is 56.1 Å². The molecule has 1 saturated heterocycles. The molecule has 180 valence electrons. The lowest BCUT2D eigenvalue weighted by Gasteiger charge is -2.36. The van der Waals surface area contributed by atoms with Crippen molar-refractivity contribution in [3.63, 3.8) is 0 Å². The number of unbranched alkanes of at least 4 members (excludes halogenated alkanes) is 1. The zero-order valence-electron chi connectivity index (χ0n) is 19.8. The molecule has 5 nitrogen and oxygen atoms in total. The van der Waals surface area contributed by atoms with Gasteiger partial charge >= 0.3 is 8.80 Å². The summed E-state index contributed by atoms with van der Waals surface area (Å²) in [6.45, 7) is 3.70. The monoisotopic (exact) mass is 478 g/mol.